The van der Waals surface area contributed by atoms with Gasteiger partial charge in [0.05, 0.1) is 0 Å². The van der Waals surface area contributed by atoms with Gasteiger partial charge in [-0.25, -0.2) is 14.4 Å². The van der Waals surface area contributed by atoms with Gasteiger partial charge in [0.2, 0.25) is 5.82 Å². The van der Waals surface area contributed by atoms with Gasteiger partial charge >= 0.3 is 17.9 Å². The summed E-state index contributed by atoms with van der Waals surface area (Å²) in [5, 5.41) is 19.2. The number of hydrogen-bond donors (Lipinski definition) is 0. The molecule has 0 aromatic heterocycles. The lowest BCUT2D eigenvalue weighted by atomic mass is 10.1. The number of carbonyl (C=O) groups is 3. The molecule has 0 N–H and O–H groups in total. The van der Waals surface area contributed by atoms with Crippen LogP contribution in [-0.4, -0.2) is 57.5 Å². The van der Waals surface area contributed by atoms with Crippen LogP contribution in [0, 0.1) is 28.5 Å². The number of ether oxygens (including phenoxy) is 6. The molecular formula is C23H21FN2O9. The first-order valence-electron chi connectivity index (χ1n) is 9.80. The monoisotopic (exact) mass is 488 g/mol. The molecule has 0 aliphatic heterocycles. The van der Waals surface area contributed by atoms with Gasteiger partial charge in [0.1, 0.15) is 62.9 Å². The van der Waals surface area contributed by atoms with Crippen LogP contribution in [0.5, 0.6) is 17.2 Å². The molecule has 0 fully saturated rings. The topological polar surface area (TPSA) is 154 Å². The maximum absolute atomic E-state index is 15.3. The van der Waals surface area contributed by atoms with Crippen LogP contribution in [-0.2, 0) is 28.6 Å². The molecular weight excluding hydrogens is 467 g/mol. The number of halogens is 1. The Hall–Kier alpha value is -4.84. The lowest BCUT2D eigenvalue weighted by Gasteiger charge is -2.18. The molecule has 1 rings (SSSR count). The zero-order valence-corrected chi connectivity index (χ0v) is 18.5. The second kappa shape index (κ2) is 15.1. The number of nitrogens with zero attached hydrogens (tertiary/aromatic N) is 2. The summed E-state index contributed by atoms with van der Waals surface area (Å²) >= 11 is 0. The van der Waals surface area contributed by atoms with E-state index in [0.29, 0.717) is 0 Å². The quantitative estimate of drug-likeness (QED) is 0.154. The van der Waals surface area contributed by atoms with Crippen molar-refractivity contribution in [3.05, 3.63) is 54.9 Å². The zero-order chi connectivity index (χ0) is 26.2. The molecule has 0 heterocycles. The van der Waals surface area contributed by atoms with Crippen molar-refractivity contribution in [1.29, 1.82) is 10.5 Å². The third-order valence-electron chi connectivity index (χ3n) is 3.75. The van der Waals surface area contributed by atoms with Crippen molar-refractivity contribution in [2.24, 2.45) is 0 Å². The summed E-state index contributed by atoms with van der Waals surface area (Å²) in [6, 6.07) is 3.39. The van der Waals surface area contributed by atoms with Gasteiger partial charge in [-0.1, -0.05) is 19.7 Å². The molecule has 0 aliphatic rings. The van der Waals surface area contributed by atoms with Gasteiger partial charge in [-0.05, 0) is 0 Å². The fourth-order valence-corrected chi connectivity index (χ4v) is 2.31. The first-order valence-corrected chi connectivity index (χ1v) is 9.80. The van der Waals surface area contributed by atoms with Crippen molar-refractivity contribution in [2.45, 2.75) is 0 Å². The highest BCUT2D eigenvalue weighted by Gasteiger charge is 2.28. The molecule has 12 heteroatoms. The van der Waals surface area contributed by atoms with E-state index in [1.807, 2.05) is 0 Å². The lowest BCUT2D eigenvalue weighted by Crippen LogP contribution is -2.16. The van der Waals surface area contributed by atoms with Gasteiger partial charge < -0.3 is 28.4 Å². The van der Waals surface area contributed by atoms with Crippen LogP contribution in [0.25, 0.3) is 0 Å². The molecule has 0 aliphatic carbocycles. The van der Waals surface area contributed by atoms with Gasteiger partial charge in [-0.15, -0.1) is 0 Å². The van der Waals surface area contributed by atoms with Gasteiger partial charge in [-0.3, -0.25) is 0 Å². The number of benzene rings is 1. The Labute approximate surface area is 200 Å². The molecule has 0 atom stereocenters. The maximum atomic E-state index is 15.3. The van der Waals surface area contributed by atoms with Crippen LogP contribution >= 0.6 is 0 Å². The number of carbonyl (C=O) groups excluding carboxylic acids is 3. The van der Waals surface area contributed by atoms with E-state index >= 15 is 4.39 Å². The van der Waals surface area contributed by atoms with Crippen LogP contribution < -0.4 is 14.2 Å². The van der Waals surface area contributed by atoms with Gasteiger partial charge in [0.15, 0.2) is 17.2 Å². The average Bonchev–Trinajstić information content (AvgIpc) is 2.87. The van der Waals surface area contributed by atoms with Crippen molar-refractivity contribution in [3.8, 4) is 29.4 Å². The van der Waals surface area contributed by atoms with Gasteiger partial charge in [-0.2, -0.15) is 14.9 Å². The summed E-state index contributed by atoms with van der Waals surface area (Å²) in [5.41, 5.74) is -0.982. The van der Waals surface area contributed by atoms with Crippen LogP contribution in [0.1, 0.15) is 11.1 Å². The zero-order valence-electron chi connectivity index (χ0n) is 18.5. The molecule has 0 unspecified atom stereocenters. The van der Waals surface area contributed by atoms with Crippen LogP contribution in [0.15, 0.2) is 38.0 Å². The van der Waals surface area contributed by atoms with Crippen molar-refractivity contribution in [3.63, 3.8) is 0 Å². The molecule has 0 saturated heterocycles. The minimum atomic E-state index is -1.21. The van der Waals surface area contributed by atoms with E-state index in [0.717, 1.165) is 18.2 Å². The van der Waals surface area contributed by atoms with Gasteiger partial charge in [0, 0.05) is 18.2 Å². The molecule has 0 saturated carbocycles. The molecule has 1 aromatic carbocycles. The fourth-order valence-electron chi connectivity index (χ4n) is 2.31. The molecule has 0 bridgehead atoms. The summed E-state index contributed by atoms with van der Waals surface area (Å²) in [6.07, 6.45) is 2.76. The Bertz CT molecular complexity index is 1000. The Morgan fingerprint density at radius 2 is 0.971 bits per heavy atom. The maximum Gasteiger partial charge on any atom is 0.330 e. The van der Waals surface area contributed by atoms with E-state index in [2.05, 4.69) is 19.7 Å². The highest BCUT2D eigenvalue weighted by atomic mass is 19.1. The molecule has 0 amide bonds. The van der Waals surface area contributed by atoms with Crippen molar-refractivity contribution in [1.82, 2.24) is 0 Å². The fraction of sp³-hybridized carbons (Fsp3) is 0.261. The number of esters is 3. The largest absolute Gasteiger partial charge is 0.487 e. The Morgan fingerprint density at radius 3 is 1.26 bits per heavy atom. The second-order valence-electron chi connectivity index (χ2n) is 5.94. The van der Waals surface area contributed by atoms with E-state index in [1.54, 1.807) is 12.1 Å². The lowest BCUT2D eigenvalue weighted by molar-refractivity contribution is -0.139. The Balaban J connectivity index is 3.28. The average molecular weight is 488 g/mol. The van der Waals surface area contributed by atoms with Crippen molar-refractivity contribution >= 4 is 17.9 Å². The Kier molecular flexibility index (Phi) is 12.1. The number of rotatable bonds is 15. The van der Waals surface area contributed by atoms with Crippen molar-refractivity contribution < 1.29 is 47.2 Å². The first kappa shape index (κ1) is 28.2. The third-order valence-corrected chi connectivity index (χ3v) is 3.75. The van der Waals surface area contributed by atoms with Gasteiger partial charge in [0.25, 0.3) is 0 Å². The molecule has 0 spiro atoms. The van der Waals surface area contributed by atoms with E-state index < -0.39 is 52.1 Å². The van der Waals surface area contributed by atoms with Crippen LogP contribution in [0.4, 0.5) is 4.39 Å². The molecule has 0 radical (unpaired) electrons. The second-order valence-corrected chi connectivity index (χ2v) is 5.94. The first-order chi connectivity index (χ1) is 16.8. The molecule has 35 heavy (non-hydrogen) atoms. The predicted octanol–water partition coefficient (Wildman–Crippen LogP) is 1.89. The number of nitriles is 2. The smallest absolute Gasteiger partial charge is 0.330 e. The summed E-state index contributed by atoms with van der Waals surface area (Å²) in [7, 11) is 0. The van der Waals surface area contributed by atoms with E-state index in [4.69, 9.17) is 28.4 Å². The normalized spacial score (nSPS) is 9.46. The van der Waals surface area contributed by atoms with Crippen molar-refractivity contribution in [2.75, 3.05) is 39.6 Å². The summed E-state index contributed by atoms with van der Waals surface area (Å²) in [5.74, 6) is -5.12. The minimum Gasteiger partial charge on any atom is -0.487 e. The number of hydrogen-bond acceptors (Lipinski definition) is 11. The molecule has 11 nitrogen and oxygen atoms in total. The molecule has 184 valence electrons. The summed E-state index contributed by atoms with van der Waals surface area (Å²) in [6.45, 7) is 7.74. The summed E-state index contributed by atoms with van der Waals surface area (Å²) < 4.78 is 45.5. The van der Waals surface area contributed by atoms with E-state index in [1.165, 1.54) is 0 Å². The highest BCUT2D eigenvalue weighted by molar-refractivity contribution is 5.81. The standard InChI is InChI=1S/C23H21FN2O9/c1-4-17(27)30-7-10-33-21-15(13-25)22(34-11-8-31-18(28)5-2)20(24)23(16(21)14-26)35-12-9-32-19(29)6-3/h4-6H,1-3,7-12H2. The SMILES string of the molecule is C=CC(=O)OCCOc1c(F)c(OCCOC(=O)C=C)c(C#N)c(OCCOC(=O)C=C)c1C#N. The van der Waals surface area contributed by atoms with E-state index in [-0.39, 0.29) is 39.6 Å². The third kappa shape index (κ3) is 8.55. The molecule has 1 aromatic rings. The van der Waals surface area contributed by atoms with Crippen LogP contribution in [0.2, 0.25) is 0 Å². The van der Waals surface area contributed by atoms with E-state index in [9.17, 15) is 24.9 Å². The minimum absolute atomic E-state index is 0.278. The highest BCUT2D eigenvalue weighted by Crippen LogP contribution is 2.42. The Morgan fingerprint density at radius 1 is 0.657 bits per heavy atom. The predicted molar refractivity (Wildman–Crippen MR) is 116 cm³/mol. The van der Waals surface area contributed by atoms with Crippen LogP contribution in [0.3, 0.4) is 0 Å². The summed E-state index contributed by atoms with van der Waals surface area (Å²) in [4.78, 5) is 33.5.